The van der Waals surface area contributed by atoms with Crippen molar-refractivity contribution in [1.29, 1.82) is 0 Å². The first-order valence-corrected chi connectivity index (χ1v) is 6.56. The van der Waals surface area contributed by atoms with Gasteiger partial charge in [0.15, 0.2) is 5.82 Å². The molecule has 0 unspecified atom stereocenters. The van der Waals surface area contributed by atoms with Gasteiger partial charge in [-0.2, -0.15) is 18.3 Å². The average molecular weight is 312 g/mol. The Morgan fingerprint density at radius 1 is 1.36 bits per heavy atom. The van der Waals surface area contributed by atoms with E-state index in [-0.39, 0.29) is 23.4 Å². The van der Waals surface area contributed by atoms with Crippen molar-refractivity contribution < 1.29 is 17.9 Å². The number of pyridine rings is 1. The number of ether oxygens (including phenoxy) is 1. The van der Waals surface area contributed by atoms with Gasteiger partial charge in [0.2, 0.25) is 5.88 Å². The molecule has 0 aliphatic carbocycles. The van der Waals surface area contributed by atoms with Gasteiger partial charge in [0.05, 0.1) is 12.6 Å². The molecule has 5 nitrogen and oxygen atoms in total. The van der Waals surface area contributed by atoms with Crippen molar-refractivity contribution in [3.05, 3.63) is 36.8 Å². The molecule has 2 aromatic rings. The lowest BCUT2D eigenvalue weighted by molar-refractivity contribution is -0.141. The fourth-order valence-corrected chi connectivity index (χ4v) is 1.73. The second-order valence-electron chi connectivity index (χ2n) is 4.82. The van der Waals surface area contributed by atoms with Gasteiger partial charge in [-0.05, 0) is 19.9 Å². The highest BCUT2D eigenvalue weighted by atomic mass is 19.4. The molecule has 0 saturated heterocycles. The van der Waals surface area contributed by atoms with Crippen molar-refractivity contribution in [3.8, 4) is 17.3 Å². The smallest absolute Gasteiger partial charge is 0.433 e. The molecule has 2 heterocycles. The van der Waals surface area contributed by atoms with E-state index in [1.165, 1.54) is 17.1 Å². The first-order chi connectivity index (χ1) is 10.3. The molecule has 118 valence electrons. The maximum atomic E-state index is 12.9. The molecule has 0 fully saturated rings. The molecule has 0 N–H and O–H groups in total. The summed E-state index contributed by atoms with van der Waals surface area (Å²) >= 11 is 0. The zero-order valence-electron chi connectivity index (χ0n) is 12.1. The SMILES string of the molecule is C=CCn1cnc(-c2cc(OC(C)C)nc(C(F)(F)F)c2)n1. The van der Waals surface area contributed by atoms with Crippen LogP contribution in [0.5, 0.6) is 5.88 Å². The van der Waals surface area contributed by atoms with Crippen LogP contribution in [0.1, 0.15) is 19.5 Å². The molecule has 0 bridgehead atoms. The van der Waals surface area contributed by atoms with Crippen molar-refractivity contribution in [2.24, 2.45) is 0 Å². The highest BCUT2D eigenvalue weighted by molar-refractivity contribution is 5.56. The summed E-state index contributed by atoms with van der Waals surface area (Å²) in [6, 6.07) is 2.30. The Bertz CT molecular complexity index is 664. The molecular weight excluding hydrogens is 297 g/mol. The molecule has 22 heavy (non-hydrogen) atoms. The van der Waals surface area contributed by atoms with Gasteiger partial charge in [-0.15, -0.1) is 6.58 Å². The van der Waals surface area contributed by atoms with Gasteiger partial charge in [-0.25, -0.2) is 14.6 Å². The van der Waals surface area contributed by atoms with Gasteiger partial charge < -0.3 is 4.74 Å². The molecule has 0 atom stereocenters. The summed E-state index contributed by atoms with van der Waals surface area (Å²) in [6.07, 6.45) is -1.84. The first-order valence-electron chi connectivity index (χ1n) is 6.56. The molecule has 0 radical (unpaired) electrons. The normalized spacial score (nSPS) is 11.7. The van der Waals surface area contributed by atoms with Crippen LogP contribution in [-0.2, 0) is 12.7 Å². The zero-order valence-corrected chi connectivity index (χ0v) is 12.1. The largest absolute Gasteiger partial charge is 0.475 e. The molecular formula is C14H15F3N4O. The van der Waals surface area contributed by atoms with E-state index < -0.39 is 11.9 Å². The highest BCUT2D eigenvalue weighted by Gasteiger charge is 2.34. The molecule has 0 aromatic carbocycles. The second-order valence-corrected chi connectivity index (χ2v) is 4.82. The number of alkyl halides is 3. The lowest BCUT2D eigenvalue weighted by Gasteiger charge is -2.13. The Morgan fingerprint density at radius 3 is 2.68 bits per heavy atom. The van der Waals surface area contributed by atoms with Crippen molar-refractivity contribution in [2.75, 3.05) is 0 Å². The van der Waals surface area contributed by atoms with Gasteiger partial charge in [-0.1, -0.05) is 6.08 Å². The van der Waals surface area contributed by atoms with Crippen LogP contribution in [-0.4, -0.2) is 25.9 Å². The minimum absolute atomic E-state index is 0.111. The van der Waals surface area contributed by atoms with E-state index in [4.69, 9.17) is 4.74 Å². The van der Waals surface area contributed by atoms with Crippen LogP contribution in [0.3, 0.4) is 0 Å². The number of halogens is 3. The van der Waals surface area contributed by atoms with Gasteiger partial charge in [-0.3, -0.25) is 0 Å². The monoisotopic (exact) mass is 312 g/mol. The minimum Gasteiger partial charge on any atom is -0.475 e. The average Bonchev–Trinajstić information content (AvgIpc) is 2.85. The van der Waals surface area contributed by atoms with E-state index in [1.807, 2.05) is 0 Å². The molecule has 0 amide bonds. The number of hydrogen-bond donors (Lipinski definition) is 0. The standard InChI is InChI=1S/C14H15F3N4O/c1-4-5-21-8-18-13(20-21)10-6-11(14(15,16)17)19-12(7-10)22-9(2)3/h4,6-9H,1,5H2,2-3H3. The predicted octanol–water partition coefficient (Wildman–Crippen LogP) is 3.33. The van der Waals surface area contributed by atoms with Crippen LogP contribution in [0.25, 0.3) is 11.4 Å². The van der Waals surface area contributed by atoms with Crippen LogP contribution in [0, 0.1) is 0 Å². The molecule has 0 saturated carbocycles. The Morgan fingerprint density at radius 2 is 2.09 bits per heavy atom. The van der Waals surface area contributed by atoms with Crippen molar-refractivity contribution >= 4 is 0 Å². The van der Waals surface area contributed by atoms with E-state index in [1.54, 1.807) is 19.9 Å². The summed E-state index contributed by atoms with van der Waals surface area (Å²) in [6.45, 7) is 7.39. The topological polar surface area (TPSA) is 52.8 Å². The molecule has 2 aromatic heterocycles. The maximum Gasteiger partial charge on any atom is 0.433 e. The van der Waals surface area contributed by atoms with E-state index in [0.717, 1.165) is 6.07 Å². The zero-order chi connectivity index (χ0) is 16.3. The third-order valence-corrected chi connectivity index (χ3v) is 2.56. The quantitative estimate of drug-likeness (QED) is 0.795. The van der Waals surface area contributed by atoms with Gasteiger partial charge in [0.1, 0.15) is 12.0 Å². The van der Waals surface area contributed by atoms with Crippen LogP contribution in [0.2, 0.25) is 0 Å². The van der Waals surface area contributed by atoms with Crippen molar-refractivity contribution in [3.63, 3.8) is 0 Å². The molecule has 2 rings (SSSR count). The minimum atomic E-state index is -4.57. The summed E-state index contributed by atoms with van der Waals surface area (Å²) < 4.78 is 45.6. The van der Waals surface area contributed by atoms with Crippen molar-refractivity contribution in [1.82, 2.24) is 19.7 Å². The van der Waals surface area contributed by atoms with E-state index in [9.17, 15) is 13.2 Å². The van der Waals surface area contributed by atoms with E-state index in [2.05, 4.69) is 21.6 Å². The van der Waals surface area contributed by atoms with Gasteiger partial charge >= 0.3 is 6.18 Å². The van der Waals surface area contributed by atoms with Crippen LogP contribution in [0.4, 0.5) is 13.2 Å². The third kappa shape index (κ3) is 3.84. The number of nitrogens with zero attached hydrogens (tertiary/aromatic N) is 4. The summed E-state index contributed by atoms with van der Waals surface area (Å²) in [5.74, 6) is 0.0586. The Labute approximate surface area is 125 Å². The predicted molar refractivity (Wildman–Crippen MR) is 74.2 cm³/mol. The first kappa shape index (κ1) is 16.0. The number of allylic oxidation sites excluding steroid dienone is 1. The van der Waals surface area contributed by atoms with Gasteiger partial charge in [0.25, 0.3) is 0 Å². The Kier molecular flexibility index (Phi) is 4.48. The number of rotatable bonds is 5. The number of aromatic nitrogens is 4. The van der Waals surface area contributed by atoms with E-state index in [0.29, 0.717) is 6.54 Å². The van der Waals surface area contributed by atoms with E-state index >= 15 is 0 Å². The van der Waals surface area contributed by atoms with Crippen molar-refractivity contribution in [2.45, 2.75) is 32.7 Å². The number of hydrogen-bond acceptors (Lipinski definition) is 4. The second kappa shape index (κ2) is 6.17. The fraction of sp³-hybridized carbons (Fsp3) is 0.357. The lowest BCUT2D eigenvalue weighted by atomic mass is 10.2. The lowest BCUT2D eigenvalue weighted by Crippen LogP contribution is -2.12. The summed E-state index contributed by atoms with van der Waals surface area (Å²) in [5.41, 5.74) is -0.846. The van der Waals surface area contributed by atoms with Crippen LogP contribution >= 0.6 is 0 Å². The van der Waals surface area contributed by atoms with Gasteiger partial charge in [0, 0.05) is 11.6 Å². The molecule has 0 aliphatic rings. The maximum absolute atomic E-state index is 12.9. The van der Waals surface area contributed by atoms with Crippen LogP contribution < -0.4 is 4.74 Å². The molecule has 8 heteroatoms. The molecule has 0 aliphatic heterocycles. The summed E-state index contributed by atoms with van der Waals surface area (Å²) in [7, 11) is 0. The summed E-state index contributed by atoms with van der Waals surface area (Å²) in [4.78, 5) is 7.49. The summed E-state index contributed by atoms with van der Waals surface area (Å²) in [5, 5.41) is 4.10. The highest BCUT2D eigenvalue weighted by Crippen LogP contribution is 2.32. The molecule has 0 spiro atoms. The van der Waals surface area contributed by atoms with Crippen LogP contribution in [0.15, 0.2) is 31.1 Å². The fourth-order valence-electron chi connectivity index (χ4n) is 1.73. The Balaban J connectivity index is 2.46. The third-order valence-electron chi connectivity index (χ3n) is 2.56. The Hall–Kier alpha value is -2.38.